The number of carboxylic acid groups (broad SMARTS) is 1. The molecular weight excluding hydrogens is 274 g/mol. The number of hydrogen-bond donors (Lipinski definition) is 1. The lowest BCUT2D eigenvalue weighted by molar-refractivity contribution is -0.137. The van der Waals surface area contributed by atoms with E-state index in [1.807, 2.05) is 24.3 Å². The second-order valence-electron chi connectivity index (χ2n) is 5.98. The zero-order valence-electron chi connectivity index (χ0n) is 12.7. The highest BCUT2D eigenvalue weighted by molar-refractivity contribution is 6.30. The number of carboxylic acids is 1. The van der Waals surface area contributed by atoms with Crippen molar-refractivity contribution in [2.75, 3.05) is 6.54 Å². The largest absolute Gasteiger partial charge is 0.481 e. The summed E-state index contributed by atoms with van der Waals surface area (Å²) in [5, 5.41) is 9.66. The summed E-state index contributed by atoms with van der Waals surface area (Å²) in [6.07, 6.45) is 1.08. The Labute approximate surface area is 126 Å². The molecule has 0 radical (unpaired) electrons. The third kappa shape index (κ3) is 4.80. The summed E-state index contributed by atoms with van der Waals surface area (Å²) in [4.78, 5) is 13.1. The van der Waals surface area contributed by atoms with E-state index in [1.165, 1.54) is 5.56 Å². The molecule has 0 bridgehead atoms. The number of nitrogens with zero attached hydrogens (tertiary/aromatic N) is 1. The highest BCUT2D eigenvalue weighted by Crippen LogP contribution is 2.31. The maximum atomic E-state index is 10.9. The van der Waals surface area contributed by atoms with Crippen LogP contribution in [0.5, 0.6) is 0 Å². The van der Waals surface area contributed by atoms with Crippen molar-refractivity contribution in [1.29, 1.82) is 0 Å². The molecule has 4 heteroatoms. The first-order chi connectivity index (χ1) is 9.25. The van der Waals surface area contributed by atoms with Crippen LogP contribution in [0.15, 0.2) is 24.3 Å². The van der Waals surface area contributed by atoms with Gasteiger partial charge in [0.25, 0.3) is 0 Å². The Morgan fingerprint density at radius 1 is 1.30 bits per heavy atom. The van der Waals surface area contributed by atoms with Gasteiger partial charge in [-0.15, -0.1) is 0 Å². The molecule has 0 aliphatic heterocycles. The van der Waals surface area contributed by atoms with Crippen LogP contribution in [0.25, 0.3) is 0 Å². The monoisotopic (exact) mass is 297 g/mol. The van der Waals surface area contributed by atoms with Crippen molar-refractivity contribution >= 4 is 17.6 Å². The van der Waals surface area contributed by atoms with Crippen LogP contribution in [-0.4, -0.2) is 28.1 Å². The quantitative estimate of drug-likeness (QED) is 0.848. The molecule has 0 aliphatic carbocycles. The molecule has 0 aliphatic rings. The minimum absolute atomic E-state index is 0.0875. The second-order valence-corrected chi connectivity index (χ2v) is 6.42. The number of carbonyl (C=O) groups is 1. The number of hydrogen-bond acceptors (Lipinski definition) is 2. The van der Waals surface area contributed by atoms with Crippen LogP contribution in [0.2, 0.25) is 5.02 Å². The maximum absolute atomic E-state index is 10.9. The molecule has 0 aromatic heterocycles. The molecule has 1 atom stereocenters. The van der Waals surface area contributed by atoms with Gasteiger partial charge >= 0.3 is 5.97 Å². The van der Waals surface area contributed by atoms with Gasteiger partial charge in [-0.3, -0.25) is 9.69 Å². The fourth-order valence-electron chi connectivity index (χ4n) is 2.50. The van der Waals surface area contributed by atoms with E-state index in [0.717, 1.165) is 11.4 Å². The van der Waals surface area contributed by atoms with Gasteiger partial charge in [0.15, 0.2) is 0 Å². The number of rotatable bonds is 6. The molecule has 0 fully saturated rings. The van der Waals surface area contributed by atoms with Crippen molar-refractivity contribution in [3.8, 4) is 0 Å². The first kappa shape index (κ1) is 17.0. The van der Waals surface area contributed by atoms with E-state index >= 15 is 0 Å². The van der Waals surface area contributed by atoms with Gasteiger partial charge in [0.1, 0.15) is 0 Å². The van der Waals surface area contributed by atoms with Crippen molar-refractivity contribution in [1.82, 2.24) is 4.90 Å². The van der Waals surface area contributed by atoms with Crippen molar-refractivity contribution in [2.24, 2.45) is 0 Å². The predicted octanol–water partition coefficient (Wildman–Crippen LogP) is 4.37. The molecule has 0 heterocycles. The van der Waals surface area contributed by atoms with Crippen LogP contribution < -0.4 is 0 Å². The lowest BCUT2D eigenvalue weighted by Crippen LogP contribution is -2.44. The van der Waals surface area contributed by atoms with Crippen molar-refractivity contribution in [3.05, 3.63) is 34.9 Å². The molecule has 1 N–H and O–H groups in total. The Balaban J connectivity index is 3.01. The molecule has 3 nitrogen and oxygen atoms in total. The standard InChI is InChI=1S/C16H24ClNO2/c1-5-14(12-6-8-13(17)9-7-12)18(16(2,3)4)11-10-15(19)20/h6-9,14H,5,10-11H2,1-4H3,(H,19,20). The molecular formula is C16H24ClNO2. The molecule has 1 rings (SSSR count). The highest BCUT2D eigenvalue weighted by Gasteiger charge is 2.29. The van der Waals surface area contributed by atoms with Gasteiger partial charge in [-0.1, -0.05) is 30.7 Å². The Kier molecular flexibility index (Phi) is 6.03. The third-order valence-corrected chi connectivity index (χ3v) is 3.70. The average molecular weight is 298 g/mol. The summed E-state index contributed by atoms with van der Waals surface area (Å²) in [6, 6.07) is 8.02. The van der Waals surface area contributed by atoms with Crippen LogP contribution >= 0.6 is 11.6 Å². The van der Waals surface area contributed by atoms with Gasteiger partial charge in [0.2, 0.25) is 0 Å². The first-order valence-corrected chi connectivity index (χ1v) is 7.37. The summed E-state index contributed by atoms with van der Waals surface area (Å²) in [7, 11) is 0. The molecule has 1 unspecified atom stereocenters. The number of halogens is 1. The minimum atomic E-state index is -0.759. The summed E-state index contributed by atoms with van der Waals surface area (Å²) in [6.45, 7) is 9.02. The average Bonchev–Trinajstić information content (AvgIpc) is 2.34. The maximum Gasteiger partial charge on any atom is 0.304 e. The van der Waals surface area contributed by atoms with Crippen LogP contribution in [-0.2, 0) is 4.79 Å². The fourth-order valence-corrected chi connectivity index (χ4v) is 2.62. The first-order valence-electron chi connectivity index (χ1n) is 6.99. The topological polar surface area (TPSA) is 40.5 Å². The Hall–Kier alpha value is -1.06. The Morgan fingerprint density at radius 2 is 1.85 bits per heavy atom. The van der Waals surface area contributed by atoms with Gasteiger partial charge in [0.05, 0.1) is 6.42 Å². The summed E-state index contributed by atoms with van der Waals surface area (Å²) >= 11 is 5.94. The van der Waals surface area contributed by atoms with Gasteiger partial charge < -0.3 is 5.11 Å². The summed E-state index contributed by atoms with van der Waals surface area (Å²) in [5.74, 6) is -0.759. The molecule has 0 saturated carbocycles. The van der Waals surface area contributed by atoms with E-state index in [-0.39, 0.29) is 18.0 Å². The van der Waals surface area contributed by atoms with Gasteiger partial charge in [-0.2, -0.15) is 0 Å². The van der Waals surface area contributed by atoms with E-state index in [1.54, 1.807) is 0 Å². The minimum Gasteiger partial charge on any atom is -0.481 e. The molecule has 20 heavy (non-hydrogen) atoms. The zero-order chi connectivity index (χ0) is 15.3. The van der Waals surface area contributed by atoms with Crippen molar-refractivity contribution < 1.29 is 9.90 Å². The molecule has 0 saturated heterocycles. The molecule has 1 aromatic carbocycles. The van der Waals surface area contributed by atoms with Crippen LogP contribution in [0.1, 0.15) is 52.1 Å². The van der Waals surface area contributed by atoms with E-state index in [0.29, 0.717) is 6.54 Å². The van der Waals surface area contributed by atoms with E-state index < -0.39 is 5.97 Å². The van der Waals surface area contributed by atoms with Crippen LogP contribution in [0, 0.1) is 0 Å². The lowest BCUT2D eigenvalue weighted by atomic mass is 9.95. The molecule has 1 aromatic rings. The zero-order valence-corrected chi connectivity index (χ0v) is 13.4. The smallest absolute Gasteiger partial charge is 0.304 e. The van der Waals surface area contributed by atoms with Crippen molar-refractivity contribution in [2.45, 2.75) is 52.1 Å². The molecule has 0 amide bonds. The van der Waals surface area contributed by atoms with Gasteiger partial charge in [-0.05, 0) is 44.9 Å². The van der Waals surface area contributed by atoms with Crippen LogP contribution in [0.4, 0.5) is 0 Å². The number of aliphatic carboxylic acids is 1. The predicted molar refractivity (Wildman–Crippen MR) is 83.2 cm³/mol. The summed E-state index contributed by atoms with van der Waals surface area (Å²) < 4.78 is 0. The van der Waals surface area contributed by atoms with Gasteiger partial charge in [0, 0.05) is 23.1 Å². The fraction of sp³-hybridized carbons (Fsp3) is 0.562. The highest BCUT2D eigenvalue weighted by atomic mass is 35.5. The number of benzene rings is 1. The van der Waals surface area contributed by atoms with Gasteiger partial charge in [-0.25, -0.2) is 0 Å². The van der Waals surface area contributed by atoms with E-state index in [9.17, 15) is 4.79 Å². The third-order valence-electron chi connectivity index (χ3n) is 3.45. The van der Waals surface area contributed by atoms with E-state index in [2.05, 4.69) is 32.6 Å². The Bertz CT molecular complexity index is 437. The SMILES string of the molecule is CCC(c1ccc(Cl)cc1)N(CCC(=O)O)C(C)(C)C. The normalized spacial score (nSPS) is 13.5. The Morgan fingerprint density at radius 3 is 2.25 bits per heavy atom. The second kappa shape index (κ2) is 7.09. The molecule has 0 spiro atoms. The summed E-state index contributed by atoms with van der Waals surface area (Å²) in [5.41, 5.74) is 1.09. The lowest BCUT2D eigenvalue weighted by Gasteiger charge is -2.41. The molecule has 112 valence electrons. The van der Waals surface area contributed by atoms with E-state index in [4.69, 9.17) is 16.7 Å². The van der Waals surface area contributed by atoms with Crippen molar-refractivity contribution in [3.63, 3.8) is 0 Å². The van der Waals surface area contributed by atoms with Crippen LogP contribution in [0.3, 0.4) is 0 Å².